The number of halogens is 1. The number of carbonyl (C=O) groups excluding carboxylic acids is 1. The molecule has 1 unspecified atom stereocenters. The van der Waals surface area contributed by atoms with Crippen molar-refractivity contribution in [1.82, 2.24) is 9.38 Å². The molecule has 1 aromatic carbocycles. The molecule has 0 radical (unpaired) electrons. The standard InChI is InChI=1S/C19H20FN3O2/c1-3-25-19(24)15(21)10-16-18(13-5-7-14(20)8-6-13)22-17-9-4-12(2)11-23(16)17/h4-9,11,15H,3,10,21H2,1-2H3. The number of aryl methyl sites for hydroxylation is 1. The van der Waals surface area contributed by atoms with Crippen molar-refractivity contribution >= 4 is 11.6 Å². The van der Waals surface area contributed by atoms with E-state index in [1.807, 2.05) is 29.7 Å². The van der Waals surface area contributed by atoms with Crippen LogP contribution in [0.1, 0.15) is 18.2 Å². The maximum absolute atomic E-state index is 13.3. The van der Waals surface area contributed by atoms with E-state index in [0.29, 0.717) is 5.69 Å². The van der Waals surface area contributed by atoms with Gasteiger partial charge in [-0.05, 0) is 49.7 Å². The number of esters is 1. The van der Waals surface area contributed by atoms with Crippen molar-refractivity contribution in [3.8, 4) is 11.3 Å². The number of carbonyl (C=O) groups is 1. The maximum Gasteiger partial charge on any atom is 0.323 e. The Morgan fingerprint density at radius 2 is 2.00 bits per heavy atom. The summed E-state index contributed by atoms with van der Waals surface area (Å²) >= 11 is 0. The van der Waals surface area contributed by atoms with Crippen LogP contribution in [0.15, 0.2) is 42.6 Å². The lowest BCUT2D eigenvalue weighted by Gasteiger charge is -2.12. The lowest BCUT2D eigenvalue weighted by molar-refractivity contribution is -0.144. The molecular weight excluding hydrogens is 321 g/mol. The fraction of sp³-hybridized carbons (Fsp3) is 0.263. The fourth-order valence-corrected chi connectivity index (χ4v) is 2.77. The fourth-order valence-electron chi connectivity index (χ4n) is 2.77. The van der Waals surface area contributed by atoms with Crippen LogP contribution in [0.3, 0.4) is 0 Å². The molecule has 0 aliphatic heterocycles. The zero-order valence-electron chi connectivity index (χ0n) is 14.2. The number of ether oxygens (including phenoxy) is 1. The topological polar surface area (TPSA) is 69.6 Å². The minimum absolute atomic E-state index is 0.274. The van der Waals surface area contributed by atoms with Crippen LogP contribution >= 0.6 is 0 Å². The van der Waals surface area contributed by atoms with Gasteiger partial charge in [-0.15, -0.1) is 0 Å². The SMILES string of the molecule is CCOC(=O)C(N)Cc1c(-c2ccc(F)cc2)nc2ccc(C)cn12. The number of hydrogen-bond donors (Lipinski definition) is 1. The van der Waals surface area contributed by atoms with Gasteiger partial charge < -0.3 is 14.9 Å². The number of aromatic nitrogens is 2. The lowest BCUT2D eigenvalue weighted by atomic mass is 10.1. The summed E-state index contributed by atoms with van der Waals surface area (Å²) in [6.07, 6.45) is 2.22. The molecule has 0 aliphatic rings. The maximum atomic E-state index is 13.3. The summed E-state index contributed by atoms with van der Waals surface area (Å²) in [6.45, 7) is 4.00. The largest absolute Gasteiger partial charge is 0.465 e. The van der Waals surface area contributed by atoms with Crippen LogP contribution in [0.5, 0.6) is 0 Å². The summed E-state index contributed by atoms with van der Waals surface area (Å²) < 4.78 is 20.2. The van der Waals surface area contributed by atoms with E-state index in [1.54, 1.807) is 19.1 Å². The Kier molecular flexibility index (Phi) is 4.81. The van der Waals surface area contributed by atoms with Crippen LogP contribution in [0.25, 0.3) is 16.9 Å². The zero-order chi connectivity index (χ0) is 18.0. The molecule has 0 fully saturated rings. The van der Waals surface area contributed by atoms with E-state index >= 15 is 0 Å². The number of rotatable bonds is 5. The van der Waals surface area contributed by atoms with E-state index in [9.17, 15) is 9.18 Å². The predicted octanol–water partition coefficient (Wildman–Crippen LogP) is 2.88. The van der Waals surface area contributed by atoms with Gasteiger partial charge in [-0.3, -0.25) is 4.79 Å². The van der Waals surface area contributed by atoms with Gasteiger partial charge in [0.2, 0.25) is 0 Å². The molecule has 0 aliphatic carbocycles. The first-order valence-electron chi connectivity index (χ1n) is 8.15. The molecule has 2 aromatic heterocycles. The van der Waals surface area contributed by atoms with Gasteiger partial charge in [-0.1, -0.05) is 6.07 Å². The Balaban J connectivity index is 2.09. The summed E-state index contributed by atoms with van der Waals surface area (Å²) in [6, 6.07) is 9.19. The molecule has 5 nitrogen and oxygen atoms in total. The quantitative estimate of drug-likeness (QED) is 0.725. The molecule has 130 valence electrons. The normalized spacial score (nSPS) is 12.3. The van der Waals surface area contributed by atoms with Crippen molar-refractivity contribution in [1.29, 1.82) is 0 Å². The number of hydrogen-bond acceptors (Lipinski definition) is 4. The van der Waals surface area contributed by atoms with E-state index in [0.717, 1.165) is 22.5 Å². The van der Waals surface area contributed by atoms with Crippen molar-refractivity contribution in [2.75, 3.05) is 6.61 Å². The first kappa shape index (κ1) is 17.1. The number of fused-ring (bicyclic) bond motifs is 1. The highest BCUT2D eigenvalue weighted by Crippen LogP contribution is 2.26. The highest BCUT2D eigenvalue weighted by molar-refractivity contribution is 5.77. The van der Waals surface area contributed by atoms with Crippen LogP contribution in [-0.4, -0.2) is 28.0 Å². The third kappa shape index (κ3) is 3.53. The molecule has 0 amide bonds. The number of nitrogens with two attached hydrogens (primary N) is 1. The third-order valence-corrected chi connectivity index (χ3v) is 3.99. The molecule has 0 bridgehead atoms. The smallest absolute Gasteiger partial charge is 0.323 e. The number of imidazole rings is 1. The summed E-state index contributed by atoms with van der Waals surface area (Å²) in [7, 11) is 0. The van der Waals surface area contributed by atoms with Gasteiger partial charge in [0.1, 0.15) is 17.5 Å². The highest BCUT2D eigenvalue weighted by Gasteiger charge is 2.21. The molecule has 25 heavy (non-hydrogen) atoms. The second kappa shape index (κ2) is 7.03. The van der Waals surface area contributed by atoms with Crippen LogP contribution < -0.4 is 5.73 Å². The average molecular weight is 341 g/mol. The Labute approximate surface area is 145 Å². The van der Waals surface area contributed by atoms with Crippen molar-refractivity contribution < 1.29 is 13.9 Å². The van der Waals surface area contributed by atoms with Crippen molar-refractivity contribution in [3.05, 3.63) is 59.7 Å². The van der Waals surface area contributed by atoms with Gasteiger partial charge in [-0.2, -0.15) is 0 Å². The van der Waals surface area contributed by atoms with Crippen LogP contribution in [-0.2, 0) is 16.0 Å². The summed E-state index contributed by atoms with van der Waals surface area (Å²) in [5.74, 6) is -0.761. The van der Waals surface area contributed by atoms with Gasteiger partial charge in [0.05, 0.1) is 18.0 Å². The van der Waals surface area contributed by atoms with E-state index in [1.165, 1.54) is 12.1 Å². The second-order valence-corrected chi connectivity index (χ2v) is 5.91. The molecule has 0 spiro atoms. The van der Waals surface area contributed by atoms with E-state index in [4.69, 9.17) is 10.5 Å². The van der Waals surface area contributed by atoms with Crippen LogP contribution in [0.4, 0.5) is 4.39 Å². The lowest BCUT2D eigenvalue weighted by Crippen LogP contribution is -2.34. The van der Waals surface area contributed by atoms with E-state index in [2.05, 4.69) is 4.98 Å². The summed E-state index contributed by atoms with van der Waals surface area (Å²) in [5, 5.41) is 0. The Morgan fingerprint density at radius 3 is 2.68 bits per heavy atom. The summed E-state index contributed by atoms with van der Waals surface area (Å²) in [5.41, 5.74) is 10.1. The Hall–Kier alpha value is -2.73. The summed E-state index contributed by atoms with van der Waals surface area (Å²) in [4.78, 5) is 16.6. The predicted molar refractivity (Wildman–Crippen MR) is 93.6 cm³/mol. The van der Waals surface area contributed by atoms with Crippen LogP contribution in [0.2, 0.25) is 0 Å². The highest BCUT2D eigenvalue weighted by atomic mass is 19.1. The molecule has 2 N–H and O–H groups in total. The third-order valence-electron chi connectivity index (χ3n) is 3.99. The van der Waals surface area contributed by atoms with E-state index in [-0.39, 0.29) is 18.8 Å². The molecule has 0 saturated heterocycles. The molecule has 3 aromatic rings. The van der Waals surface area contributed by atoms with Gasteiger partial charge in [0.15, 0.2) is 0 Å². The Morgan fingerprint density at radius 1 is 1.28 bits per heavy atom. The van der Waals surface area contributed by atoms with Gasteiger partial charge in [0, 0.05) is 18.2 Å². The molecule has 2 heterocycles. The Bertz CT molecular complexity index is 903. The molecule has 6 heteroatoms. The van der Waals surface area contributed by atoms with Crippen molar-refractivity contribution in [3.63, 3.8) is 0 Å². The average Bonchev–Trinajstić information content (AvgIpc) is 2.93. The second-order valence-electron chi connectivity index (χ2n) is 5.91. The molecule has 3 rings (SSSR count). The monoisotopic (exact) mass is 341 g/mol. The molecule has 0 saturated carbocycles. The van der Waals surface area contributed by atoms with Crippen molar-refractivity contribution in [2.24, 2.45) is 5.73 Å². The minimum Gasteiger partial charge on any atom is -0.465 e. The molecule has 1 atom stereocenters. The van der Waals surface area contributed by atoms with Gasteiger partial charge in [0.25, 0.3) is 0 Å². The van der Waals surface area contributed by atoms with Gasteiger partial charge in [-0.25, -0.2) is 9.37 Å². The number of nitrogens with zero attached hydrogens (tertiary/aromatic N) is 2. The van der Waals surface area contributed by atoms with Crippen molar-refractivity contribution in [2.45, 2.75) is 26.3 Å². The number of benzene rings is 1. The first-order chi connectivity index (χ1) is 12.0. The van der Waals surface area contributed by atoms with Gasteiger partial charge >= 0.3 is 5.97 Å². The first-order valence-corrected chi connectivity index (χ1v) is 8.15. The molecular formula is C19H20FN3O2. The van der Waals surface area contributed by atoms with E-state index < -0.39 is 12.0 Å². The number of pyridine rings is 1. The minimum atomic E-state index is -0.792. The van der Waals surface area contributed by atoms with Crippen LogP contribution in [0, 0.1) is 12.7 Å². The zero-order valence-corrected chi connectivity index (χ0v) is 14.2.